The van der Waals surface area contributed by atoms with E-state index < -0.39 is 0 Å². The Morgan fingerprint density at radius 3 is 2.79 bits per heavy atom. The molecule has 0 aliphatic heterocycles. The van der Waals surface area contributed by atoms with Crippen molar-refractivity contribution in [2.75, 3.05) is 6.54 Å². The summed E-state index contributed by atoms with van der Waals surface area (Å²) in [4.78, 5) is 0. The lowest BCUT2D eigenvalue weighted by atomic mass is 9.78. The van der Waals surface area contributed by atoms with Crippen molar-refractivity contribution in [2.24, 2.45) is 11.8 Å². The minimum absolute atomic E-state index is 0.601. The standard InChI is InChI=1S/C11H19Cl2N/c1-8-4-3-5-11(9(8)2)14-7-10(13)6-12/h6,8-9,11,14H,3-5,7H2,1-2H3. The molecule has 82 valence electrons. The molecule has 0 heterocycles. The fraction of sp³-hybridized carbons (Fsp3) is 0.818. The van der Waals surface area contributed by atoms with Crippen molar-refractivity contribution in [2.45, 2.75) is 39.2 Å². The zero-order valence-electron chi connectivity index (χ0n) is 8.89. The Bertz CT molecular complexity index is 203. The SMILES string of the molecule is CC1CCCC(NCC(Cl)=CCl)C1C. The van der Waals surface area contributed by atoms with E-state index in [1.54, 1.807) is 0 Å². The molecular weight excluding hydrogens is 217 g/mol. The zero-order chi connectivity index (χ0) is 10.6. The van der Waals surface area contributed by atoms with E-state index in [1.807, 2.05) is 0 Å². The van der Waals surface area contributed by atoms with E-state index in [9.17, 15) is 0 Å². The third kappa shape index (κ3) is 3.45. The van der Waals surface area contributed by atoms with Gasteiger partial charge in [-0.15, -0.1) is 0 Å². The first-order valence-corrected chi connectivity index (χ1v) is 6.14. The molecule has 0 radical (unpaired) electrons. The van der Waals surface area contributed by atoms with Crippen LogP contribution >= 0.6 is 23.2 Å². The Morgan fingerprint density at radius 1 is 1.43 bits per heavy atom. The van der Waals surface area contributed by atoms with Crippen LogP contribution in [-0.2, 0) is 0 Å². The number of rotatable bonds is 3. The molecule has 0 spiro atoms. The highest BCUT2D eigenvalue weighted by Gasteiger charge is 2.26. The summed E-state index contributed by atoms with van der Waals surface area (Å²) >= 11 is 11.3. The van der Waals surface area contributed by atoms with Gasteiger partial charge in [0.25, 0.3) is 0 Å². The van der Waals surface area contributed by atoms with Gasteiger partial charge in [-0.2, -0.15) is 0 Å². The van der Waals surface area contributed by atoms with Crippen LogP contribution in [0.1, 0.15) is 33.1 Å². The molecule has 0 aromatic carbocycles. The Balaban J connectivity index is 2.36. The van der Waals surface area contributed by atoms with Gasteiger partial charge < -0.3 is 5.32 Å². The highest BCUT2D eigenvalue weighted by molar-refractivity contribution is 6.36. The molecule has 0 amide bonds. The van der Waals surface area contributed by atoms with E-state index in [-0.39, 0.29) is 0 Å². The van der Waals surface area contributed by atoms with Crippen LogP contribution in [-0.4, -0.2) is 12.6 Å². The lowest BCUT2D eigenvalue weighted by Gasteiger charge is -2.34. The summed E-state index contributed by atoms with van der Waals surface area (Å²) in [6.45, 7) is 5.35. The Hall–Kier alpha value is 0.280. The fourth-order valence-corrected chi connectivity index (χ4v) is 2.29. The molecule has 1 rings (SSSR count). The van der Waals surface area contributed by atoms with E-state index in [4.69, 9.17) is 23.2 Å². The van der Waals surface area contributed by atoms with Gasteiger partial charge in [0.1, 0.15) is 0 Å². The summed E-state index contributed by atoms with van der Waals surface area (Å²) in [6.07, 6.45) is 3.95. The third-order valence-electron chi connectivity index (χ3n) is 3.36. The topological polar surface area (TPSA) is 12.0 Å². The van der Waals surface area contributed by atoms with Crippen LogP contribution in [0.15, 0.2) is 10.6 Å². The van der Waals surface area contributed by atoms with Gasteiger partial charge in [-0.25, -0.2) is 0 Å². The second-order valence-electron chi connectivity index (χ2n) is 4.31. The fourth-order valence-electron chi connectivity index (χ4n) is 2.14. The Labute approximate surface area is 96.8 Å². The Morgan fingerprint density at radius 2 is 2.14 bits per heavy atom. The van der Waals surface area contributed by atoms with Gasteiger partial charge in [0, 0.05) is 23.2 Å². The molecule has 1 saturated carbocycles. The van der Waals surface area contributed by atoms with E-state index >= 15 is 0 Å². The highest BCUT2D eigenvalue weighted by atomic mass is 35.5. The molecule has 1 fully saturated rings. The molecule has 0 bridgehead atoms. The molecule has 14 heavy (non-hydrogen) atoms. The Kier molecular flexibility index (Phi) is 5.29. The summed E-state index contributed by atoms with van der Waals surface area (Å²) < 4.78 is 0. The number of nitrogens with one attached hydrogen (secondary N) is 1. The van der Waals surface area contributed by atoms with E-state index in [2.05, 4.69) is 19.2 Å². The average molecular weight is 236 g/mol. The van der Waals surface area contributed by atoms with Crippen LogP contribution < -0.4 is 5.32 Å². The van der Waals surface area contributed by atoms with Gasteiger partial charge in [-0.1, -0.05) is 49.9 Å². The molecule has 1 N–H and O–H groups in total. The molecule has 3 unspecified atom stereocenters. The van der Waals surface area contributed by atoms with E-state index in [0.717, 1.165) is 11.8 Å². The second kappa shape index (κ2) is 5.99. The predicted octanol–water partition coefficient (Wildman–Crippen LogP) is 3.72. The first-order valence-electron chi connectivity index (χ1n) is 5.33. The van der Waals surface area contributed by atoms with Crippen molar-refractivity contribution >= 4 is 23.2 Å². The summed E-state index contributed by atoms with van der Waals surface area (Å²) in [5, 5.41) is 4.16. The first-order chi connectivity index (χ1) is 6.65. The first kappa shape index (κ1) is 12.4. The lowest BCUT2D eigenvalue weighted by Crippen LogP contribution is -2.41. The van der Waals surface area contributed by atoms with Crippen LogP contribution in [0.3, 0.4) is 0 Å². The summed E-state index contributed by atoms with van der Waals surface area (Å²) in [5.41, 5.74) is 1.44. The zero-order valence-corrected chi connectivity index (χ0v) is 10.4. The smallest absolute Gasteiger partial charge is 0.0432 e. The molecule has 0 aromatic rings. The van der Waals surface area contributed by atoms with Crippen LogP contribution in [0, 0.1) is 11.8 Å². The monoisotopic (exact) mass is 235 g/mol. The molecular formula is C11H19Cl2N. The van der Waals surface area contributed by atoms with Gasteiger partial charge in [-0.3, -0.25) is 0 Å². The van der Waals surface area contributed by atoms with Crippen molar-refractivity contribution in [3.05, 3.63) is 10.6 Å². The van der Waals surface area contributed by atoms with Gasteiger partial charge in [-0.05, 0) is 18.3 Å². The highest BCUT2D eigenvalue weighted by Crippen LogP contribution is 2.29. The summed E-state index contributed by atoms with van der Waals surface area (Å²) in [7, 11) is 0. The third-order valence-corrected chi connectivity index (χ3v) is 3.98. The average Bonchev–Trinajstić information content (AvgIpc) is 2.20. The van der Waals surface area contributed by atoms with Crippen molar-refractivity contribution in [3.8, 4) is 0 Å². The quantitative estimate of drug-likeness (QED) is 0.787. The van der Waals surface area contributed by atoms with Crippen LogP contribution in [0.5, 0.6) is 0 Å². The van der Waals surface area contributed by atoms with Gasteiger partial charge in [0.2, 0.25) is 0 Å². The maximum Gasteiger partial charge on any atom is 0.0432 e. The van der Waals surface area contributed by atoms with Gasteiger partial charge in [0.05, 0.1) is 0 Å². The van der Waals surface area contributed by atoms with Crippen molar-refractivity contribution in [1.82, 2.24) is 5.32 Å². The van der Waals surface area contributed by atoms with Crippen molar-refractivity contribution in [1.29, 1.82) is 0 Å². The van der Waals surface area contributed by atoms with Crippen LogP contribution in [0.25, 0.3) is 0 Å². The summed E-state index contributed by atoms with van der Waals surface area (Å²) in [5.74, 6) is 1.56. The summed E-state index contributed by atoms with van der Waals surface area (Å²) in [6, 6.07) is 0.601. The second-order valence-corrected chi connectivity index (χ2v) is 5.01. The molecule has 1 nitrogen and oxygen atoms in total. The number of hydrogen-bond donors (Lipinski definition) is 1. The molecule has 0 aromatic heterocycles. The molecule has 0 saturated heterocycles. The maximum absolute atomic E-state index is 5.84. The molecule has 3 atom stereocenters. The van der Waals surface area contributed by atoms with Crippen molar-refractivity contribution < 1.29 is 0 Å². The largest absolute Gasteiger partial charge is 0.309 e. The number of hydrogen-bond acceptors (Lipinski definition) is 1. The molecule has 3 heteroatoms. The lowest BCUT2D eigenvalue weighted by molar-refractivity contribution is 0.211. The van der Waals surface area contributed by atoms with E-state index in [1.165, 1.54) is 24.8 Å². The van der Waals surface area contributed by atoms with Crippen LogP contribution in [0.2, 0.25) is 0 Å². The van der Waals surface area contributed by atoms with Gasteiger partial charge in [0.15, 0.2) is 0 Å². The minimum Gasteiger partial charge on any atom is -0.309 e. The van der Waals surface area contributed by atoms with E-state index in [0.29, 0.717) is 17.6 Å². The predicted molar refractivity (Wildman–Crippen MR) is 63.8 cm³/mol. The van der Waals surface area contributed by atoms with Crippen LogP contribution in [0.4, 0.5) is 0 Å². The normalized spacial score (nSPS) is 34.6. The minimum atomic E-state index is 0.601. The van der Waals surface area contributed by atoms with Gasteiger partial charge >= 0.3 is 0 Å². The molecule has 1 aliphatic rings. The number of halogens is 2. The molecule has 1 aliphatic carbocycles. The maximum atomic E-state index is 5.84. The van der Waals surface area contributed by atoms with Crippen molar-refractivity contribution in [3.63, 3.8) is 0 Å².